The first kappa shape index (κ1) is 31.4. The molecule has 3 aromatic heterocycles. The minimum atomic E-state index is -0.201. The summed E-state index contributed by atoms with van der Waals surface area (Å²) in [5, 5.41) is 3.80. The summed E-state index contributed by atoms with van der Waals surface area (Å²) >= 11 is 0. The van der Waals surface area contributed by atoms with Crippen molar-refractivity contribution in [3.63, 3.8) is 0 Å². The van der Waals surface area contributed by atoms with Gasteiger partial charge in [-0.25, -0.2) is 15.0 Å². The number of rotatable bonds is 5. The number of nitrogens with zero attached hydrogens (tertiary/aromatic N) is 5. The number of hydrogen-bond acceptors (Lipinski definition) is 3. The quantitative estimate of drug-likeness (QED) is 0.179. The molecule has 0 N–H and O–H groups in total. The minimum Gasteiger partial charge on any atom is -0.309 e. The van der Waals surface area contributed by atoms with Crippen LogP contribution in [-0.2, 0) is 5.41 Å². The minimum absolute atomic E-state index is 0.201. The largest absolute Gasteiger partial charge is 0.309 e. The zero-order chi connectivity index (χ0) is 36.7. The summed E-state index contributed by atoms with van der Waals surface area (Å²) in [6.45, 7) is 4.77. The molecule has 10 aromatic rings. The van der Waals surface area contributed by atoms with Crippen molar-refractivity contribution in [1.82, 2.24) is 24.1 Å². The summed E-state index contributed by atoms with van der Waals surface area (Å²) < 4.78 is 4.90. The molecular formula is C50H35N5. The van der Waals surface area contributed by atoms with E-state index in [-0.39, 0.29) is 5.41 Å². The van der Waals surface area contributed by atoms with Gasteiger partial charge in [0.15, 0.2) is 17.5 Å². The van der Waals surface area contributed by atoms with Crippen LogP contribution in [0.15, 0.2) is 176 Å². The van der Waals surface area contributed by atoms with Crippen molar-refractivity contribution < 1.29 is 0 Å². The van der Waals surface area contributed by atoms with Crippen molar-refractivity contribution >= 4 is 32.7 Å². The number of aromatic nitrogens is 5. The second-order valence-corrected chi connectivity index (χ2v) is 14.9. The molecule has 7 aromatic carbocycles. The lowest BCUT2D eigenvalue weighted by molar-refractivity contribution is 0.666. The van der Waals surface area contributed by atoms with E-state index in [2.05, 4.69) is 138 Å². The molecule has 0 aliphatic heterocycles. The van der Waals surface area contributed by atoms with Crippen LogP contribution in [0.5, 0.6) is 0 Å². The van der Waals surface area contributed by atoms with E-state index in [1.807, 2.05) is 60.7 Å². The van der Waals surface area contributed by atoms with Crippen LogP contribution in [0.1, 0.15) is 25.0 Å². The topological polar surface area (TPSA) is 48.5 Å². The Morgan fingerprint density at radius 3 is 1.64 bits per heavy atom. The van der Waals surface area contributed by atoms with E-state index in [0.717, 1.165) is 33.4 Å². The molecule has 0 fully saturated rings. The Bertz CT molecular complexity index is 3040. The normalized spacial score (nSPS) is 13.1. The first-order chi connectivity index (χ1) is 27.1. The van der Waals surface area contributed by atoms with Crippen molar-refractivity contribution in [1.29, 1.82) is 0 Å². The van der Waals surface area contributed by atoms with Crippen molar-refractivity contribution in [2.24, 2.45) is 0 Å². The molecule has 1 aliphatic carbocycles. The number of fused-ring (bicyclic) bond motifs is 9. The Morgan fingerprint density at radius 2 is 0.945 bits per heavy atom. The van der Waals surface area contributed by atoms with Gasteiger partial charge in [-0.15, -0.1) is 0 Å². The number of hydrogen-bond donors (Lipinski definition) is 0. The Hall–Kier alpha value is -7.11. The zero-order valence-electron chi connectivity index (χ0n) is 30.5. The van der Waals surface area contributed by atoms with E-state index < -0.39 is 0 Å². The Kier molecular flexibility index (Phi) is 6.83. The van der Waals surface area contributed by atoms with Gasteiger partial charge in [0.2, 0.25) is 0 Å². The molecule has 5 nitrogen and oxygen atoms in total. The molecule has 260 valence electrons. The van der Waals surface area contributed by atoms with Gasteiger partial charge in [0, 0.05) is 55.2 Å². The van der Waals surface area contributed by atoms with E-state index in [1.54, 1.807) is 0 Å². The molecule has 0 bridgehead atoms. The summed E-state index contributed by atoms with van der Waals surface area (Å²) in [7, 11) is 0. The Balaban J connectivity index is 1.18. The van der Waals surface area contributed by atoms with Crippen LogP contribution < -0.4 is 0 Å². The predicted octanol–water partition coefficient (Wildman–Crippen LogP) is 12.2. The van der Waals surface area contributed by atoms with Crippen LogP contribution in [0.4, 0.5) is 0 Å². The van der Waals surface area contributed by atoms with Crippen molar-refractivity contribution in [2.45, 2.75) is 19.3 Å². The molecular weight excluding hydrogens is 671 g/mol. The molecule has 11 rings (SSSR count). The second-order valence-electron chi connectivity index (χ2n) is 14.9. The second kappa shape index (κ2) is 12.0. The maximum absolute atomic E-state index is 5.06. The first-order valence-electron chi connectivity index (χ1n) is 18.8. The molecule has 0 saturated heterocycles. The zero-order valence-corrected chi connectivity index (χ0v) is 30.5. The highest BCUT2D eigenvalue weighted by atomic mass is 15.0. The third kappa shape index (κ3) is 4.69. The van der Waals surface area contributed by atoms with Gasteiger partial charge in [0.05, 0.1) is 22.2 Å². The molecule has 1 aliphatic rings. The highest BCUT2D eigenvalue weighted by Gasteiger charge is 2.41. The third-order valence-electron chi connectivity index (χ3n) is 11.3. The predicted molar refractivity (Wildman–Crippen MR) is 225 cm³/mol. The van der Waals surface area contributed by atoms with Gasteiger partial charge in [0.25, 0.3) is 0 Å². The summed E-state index contributed by atoms with van der Waals surface area (Å²) in [6, 6.07) is 62.1. The average molecular weight is 706 g/mol. The van der Waals surface area contributed by atoms with Gasteiger partial charge in [-0.2, -0.15) is 0 Å². The van der Waals surface area contributed by atoms with Gasteiger partial charge in [-0.1, -0.05) is 147 Å². The molecule has 0 amide bonds. The van der Waals surface area contributed by atoms with Gasteiger partial charge >= 0.3 is 0 Å². The van der Waals surface area contributed by atoms with Gasteiger partial charge in [-0.05, 0) is 53.6 Å². The monoisotopic (exact) mass is 705 g/mol. The fourth-order valence-corrected chi connectivity index (χ4v) is 8.92. The fourth-order valence-electron chi connectivity index (χ4n) is 8.92. The molecule has 5 heteroatoms. The summed E-state index contributed by atoms with van der Waals surface area (Å²) in [6.07, 6.45) is 0. The van der Waals surface area contributed by atoms with Crippen LogP contribution in [-0.4, -0.2) is 24.1 Å². The maximum Gasteiger partial charge on any atom is 0.164 e. The van der Waals surface area contributed by atoms with Crippen LogP contribution in [0, 0.1) is 0 Å². The van der Waals surface area contributed by atoms with Crippen molar-refractivity contribution in [3.8, 4) is 56.8 Å². The van der Waals surface area contributed by atoms with Crippen LogP contribution in [0.3, 0.4) is 0 Å². The maximum atomic E-state index is 5.06. The van der Waals surface area contributed by atoms with Crippen LogP contribution >= 0.6 is 0 Å². The molecule has 0 saturated carbocycles. The van der Waals surface area contributed by atoms with Crippen LogP contribution in [0.2, 0.25) is 0 Å². The highest BCUT2D eigenvalue weighted by molar-refractivity contribution is 6.24. The fraction of sp³-hybridized carbons (Fsp3) is 0.0600. The third-order valence-corrected chi connectivity index (χ3v) is 11.3. The molecule has 0 unspecified atom stereocenters. The lowest BCUT2D eigenvalue weighted by Crippen LogP contribution is -2.14. The lowest BCUT2D eigenvalue weighted by atomic mass is 9.81. The molecule has 0 spiro atoms. The Morgan fingerprint density at radius 1 is 0.418 bits per heavy atom. The Labute approximate surface area is 318 Å². The first-order valence-corrected chi connectivity index (χ1v) is 18.8. The van der Waals surface area contributed by atoms with E-state index in [9.17, 15) is 0 Å². The summed E-state index contributed by atoms with van der Waals surface area (Å²) in [4.78, 5) is 15.1. The van der Waals surface area contributed by atoms with Gasteiger partial charge in [0.1, 0.15) is 0 Å². The lowest BCUT2D eigenvalue weighted by Gasteiger charge is -2.21. The van der Waals surface area contributed by atoms with Gasteiger partial charge < -0.3 is 9.13 Å². The highest BCUT2D eigenvalue weighted by Crippen LogP contribution is 2.55. The van der Waals surface area contributed by atoms with E-state index in [4.69, 9.17) is 15.0 Å². The number of para-hydroxylation sites is 2. The smallest absolute Gasteiger partial charge is 0.164 e. The van der Waals surface area contributed by atoms with Gasteiger partial charge in [-0.3, -0.25) is 0 Å². The van der Waals surface area contributed by atoms with E-state index >= 15 is 0 Å². The molecule has 0 radical (unpaired) electrons. The van der Waals surface area contributed by atoms with Crippen molar-refractivity contribution in [3.05, 3.63) is 187 Å². The standard InChI is InChI=1S/C50H35N5/c1-50(2)39-27-14-12-25-37(39)46-45(50)44-42(55(46)35-22-10-5-11-23-35)30-29-41-43(44)38-26-13-15-28-40(38)54(41)36-24-16-21-34(31-36)49-52-47(32-17-6-3-7-18-32)51-48(53-49)33-19-8-4-9-20-33/h3-31H,1-2H3. The van der Waals surface area contributed by atoms with E-state index in [1.165, 1.54) is 49.7 Å². The average Bonchev–Trinajstić information content (AvgIpc) is 3.86. The van der Waals surface area contributed by atoms with Crippen LogP contribution in [0.25, 0.3) is 89.5 Å². The molecule has 3 heterocycles. The summed E-state index contributed by atoms with van der Waals surface area (Å²) in [5.74, 6) is 1.93. The SMILES string of the molecule is CC1(C)c2ccccc2-c2c1c1c3c4ccccc4n(-c4cccc(-c5nc(-c6ccccc6)nc(-c6ccccc6)n5)c4)c3ccc1n2-c1ccccc1. The van der Waals surface area contributed by atoms with Crippen molar-refractivity contribution in [2.75, 3.05) is 0 Å². The summed E-state index contributed by atoms with van der Waals surface area (Å²) in [5.41, 5.74) is 13.7. The number of benzene rings is 7. The van der Waals surface area contributed by atoms with E-state index in [0.29, 0.717) is 17.5 Å². The molecule has 55 heavy (non-hydrogen) atoms. The molecule has 0 atom stereocenters.